The first-order valence-corrected chi connectivity index (χ1v) is 6.34. The Balaban J connectivity index is 2.10. The molecule has 0 fully saturated rings. The molecular weight excluding hydrogens is 344 g/mol. The van der Waals surface area contributed by atoms with Crippen LogP contribution in [0.4, 0.5) is 4.39 Å². The lowest BCUT2D eigenvalue weighted by molar-refractivity contribution is 0.300. The highest BCUT2D eigenvalue weighted by Crippen LogP contribution is 2.17. The average molecular weight is 353 g/mol. The van der Waals surface area contributed by atoms with Crippen molar-refractivity contribution in [3.63, 3.8) is 0 Å². The molecule has 90 valence electrons. The normalized spacial score (nSPS) is 9.83. The van der Waals surface area contributed by atoms with Crippen molar-refractivity contribution in [2.45, 2.75) is 6.61 Å². The molecule has 0 aliphatic carbocycles. The molecule has 0 saturated carbocycles. The minimum absolute atomic E-state index is 0.113. The average Bonchev–Trinajstić information content (AvgIpc) is 2.40. The molecule has 18 heavy (non-hydrogen) atoms. The third kappa shape index (κ3) is 3.20. The minimum Gasteiger partial charge on any atom is -0.489 e. The Morgan fingerprint density at radius 2 is 1.89 bits per heavy atom. The van der Waals surface area contributed by atoms with Gasteiger partial charge >= 0.3 is 0 Å². The lowest BCUT2D eigenvalue weighted by Gasteiger charge is -2.07. The Hall–Kier alpha value is -1.61. The van der Waals surface area contributed by atoms with Crippen molar-refractivity contribution in [3.05, 3.63) is 63.0 Å². The molecule has 0 N–H and O–H groups in total. The molecule has 2 rings (SSSR count). The van der Waals surface area contributed by atoms with Crippen molar-refractivity contribution in [2.24, 2.45) is 0 Å². The fourth-order valence-electron chi connectivity index (χ4n) is 1.45. The lowest BCUT2D eigenvalue weighted by Crippen LogP contribution is -1.99. The van der Waals surface area contributed by atoms with Crippen molar-refractivity contribution in [2.75, 3.05) is 0 Å². The van der Waals surface area contributed by atoms with E-state index in [1.807, 2.05) is 30.3 Å². The van der Waals surface area contributed by atoms with E-state index >= 15 is 0 Å². The summed E-state index contributed by atoms with van der Waals surface area (Å²) in [5, 5.41) is 8.75. The van der Waals surface area contributed by atoms with E-state index in [2.05, 4.69) is 22.6 Å². The molecule has 0 spiro atoms. The molecule has 0 unspecified atom stereocenters. The third-order valence-corrected chi connectivity index (χ3v) is 3.10. The van der Waals surface area contributed by atoms with Crippen LogP contribution in [-0.4, -0.2) is 0 Å². The summed E-state index contributed by atoms with van der Waals surface area (Å²) in [6.07, 6.45) is 0. The smallest absolute Gasteiger partial charge is 0.129 e. The zero-order valence-electron chi connectivity index (χ0n) is 9.36. The topological polar surface area (TPSA) is 33.0 Å². The summed E-state index contributed by atoms with van der Waals surface area (Å²) in [6, 6.07) is 13.7. The Kier molecular flexibility index (Phi) is 4.15. The second-order valence-corrected chi connectivity index (χ2v) is 4.91. The summed E-state index contributed by atoms with van der Waals surface area (Å²) in [5.41, 5.74) is 0.810. The zero-order valence-corrected chi connectivity index (χ0v) is 11.5. The van der Waals surface area contributed by atoms with Gasteiger partial charge in [-0.25, -0.2) is 4.39 Å². The summed E-state index contributed by atoms with van der Waals surface area (Å²) >= 11 is 2.20. The van der Waals surface area contributed by atoms with Crippen LogP contribution in [0.1, 0.15) is 11.1 Å². The SMILES string of the molecule is N#Cc1ccc(F)c(COc2ccc(I)cc2)c1. The molecule has 0 saturated heterocycles. The Bertz CT molecular complexity index is 590. The number of nitrogens with zero attached hydrogens (tertiary/aromatic N) is 1. The molecule has 0 aromatic heterocycles. The predicted molar refractivity (Wildman–Crippen MR) is 74.6 cm³/mol. The van der Waals surface area contributed by atoms with E-state index in [0.717, 1.165) is 3.57 Å². The first-order chi connectivity index (χ1) is 8.69. The maximum Gasteiger partial charge on any atom is 0.129 e. The predicted octanol–water partition coefficient (Wildman–Crippen LogP) is 3.88. The van der Waals surface area contributed by atoms with E-state index < -0.39 is 0 Å². The summed E-state index contributed by atoms with van der Waals surface area (Å²) < 4.78 is 20.1. The van der Waals surface area contributed by atoms with Gasteiger partial charge in [-0.05, 0) is 65.1 Å². The molecular formula is C14H9FINO. The number of nitriles is 1. The Morgan fingerprint density at radius 3 is 2.56 bits per heavy atom. The van der Waals surface area contributed by atoms with Gasteiger partial charge in [-0.3, -0.25) is 0 Å². The number of ether oxygens (including phenoxy) is 1. The largest absolute Gasteiger partial charge is 0.489 e. The second-order valence-electron chi connectivity index (χ2n) is 3.66. The number of hydrogen-bond donors (Lipinski definition) is 0. The van der Waals surface area contributed by atoms with Crippen LogP contribution in [-0.2, 0) is 6.61 Å². The summed E-state index contributed by atoms with van der Waals surface area (Å²) in [6.45, 7) is 0.113. The fraction of sp³-hybridized carbons (Fsp3) is 0.0714. The Morgan fingerprint density at radius 1 is 1.17 bits per heavy atom. The maximum absolute atomic E-state index is 13.5. The first kappa shape index (κ1) is 12.8. The third-order valence-electron chi connectivity index (χ3n) is 2.38. The summed E-state index contributed by atoms with van der Waals surface area (Å²) in [4.78, 5) is 0. The highest BCUT2D eigenvalue weighted by molar-refractivity contribution is 14.1. The van der Waals surface area contributed by atoms with E-state index in [1.54, 1.807) is 0 Å². The van der Waals surface area contributed by atoms with Crippen molar-refractivity contribution in [1.29, 1.82) is 5.26 Å². The first-order valence-electron chi connectivity index (χ1n) is 5.26. The van der Waals surface area contributed by atoms with Crippen molar-refractivity contribution >= 4 is 22.6 Å². The van der Waals surface area contributed by atoms with E-state index in [1.165, 1.54) is 18.2 Å². The van der Waals surface area contributed by atoms with Gasteiger partial charge < -0.3 is 4.74 Å². The van der Waals surface area contributed by atoms with Crippen molar-refractivity contribution in [3.8, 4) is 11.8 Å². The van der Waals surface area contributed by atoms with Crippen LogP contribution in [0.25, 0.3) is 0 Å². The maximum atomic E-state index is 13.5. The van der Waals surface area contributed by atoms with Crippen LogP contribution in [0.5, 0.6) is 5.75 Å². The fourth-order valence-corrected chi connectivity index (χ4v) is 1.81. The van der Waals surface area contributed by atoms with Gasteiger partial charge in [0.15, 0.2) is 0 Å². The molecule has 4 heteroatoms. The van der Waals surface area contributed by atoms with Crippen LogP contribution in [0.15, 0.2) is 42.5 Å². The summed E-state index contributed by atoms with van der Waals surface area (Å²) in [7, 11) is 0. The zero-order chi connectivity index (χ0) is 13.0. The Labute approximate surface area is 118 Å². The van der Waals surface area contributed by atoms with Gasteiger partial charge in [-0.15, -0.1) is 0 Å². The standard InChI is InChI=1S/C14H9FINO/c15-14-6-1-10(8-17)7-11(14)9-18-13-4-2-12(16)3-5-13/h1-7H,9H2. The van der Waals surface area contributed by atoms with Crippen LogP contribution in [0, 0.1) is 20.7 Å². The van der Waals surface area contributed by atoms with E-state index in [0.29, 0.717) is 16.9 Å². The van der Waals surface area contributed by atoms with E-state index in [4.69, 9.17) is 10.00 Å². The number of benzene rings is 2. The van der Waals surface area contributed by atoms with Gasteiger partial charge in [0.05, 0.1) is 11.6 Å². The van der Waals surface area contributed by atoms with Crippen LogP contribution in [0.2, 0.25) is 0 Å². The lowest BCUT2D eigenvalue weighted by atomic mass is 10.1. The molecule has 0 heterocycles. The highest BCUT2D eigenvalue weighted by atomic mass is 127. The van der Waals surface area contributed by atoms with Gasteiger partial charge in [-0.1, -0.05) is 0 Å². The van der Waals surface area contributed by atoms with Gasteiger partial charge in [0.2, 0.25) is 0 Å². The van der Waals surface area contributed by atoms with Crippen molar-refractivity contribution in [1.82, 2.24) is 0 Å². The molecule has 2 aromatic carbocycles. The molecule has 2 nitrogen and oxygen atoms in total. The quantitative estimate of drug-likeness (QED) is 0.785. The second kappa shape index (κ2) is 5.83. The monoisotopic (exact) mass is 353 g/mol. The number of rotatable bonds is 3. The molecule has 0 amide bonds. The minimum atomic E-state index is -0.362. The van der Waals surface area contributed by atoms with Gasteiger partial charge in [0.1, 0.15) is 18.2 Å². The van der Waals surface area contributed by atoms with E-state index in [-0.39, 0.29) is 12.4 Å². The van der Waals surface area contributed by atoms with Gasteiger partial charge in [-0.2, -0.15) is 5.26 Å². The number of halogens is 2. The number of hydrogen-bond acceptors (Lipinski definition) is 2. The van der Waals surface area contributed by atoms with E-state index in [9.17, 15) is 4.39 Å². The molecule has 0 aliphatic heterocycles. The van der Waals surface area contributed by atoms with Crippen LogP contribution < -0.4 is 4.74 Å². The molecule has 0 atom stereocenters. The van der Waals surface area contributed by atoms with Crippen molar-refractivity contribution < 1.29 is 9.13 Å². The van der Waals surface area contributed by atoms with Gasteiger partial charge in [0, 0.05) is 9.13 Å². The van der Waals surface area contributed by atoms with Crippen LogP contribution >= 0.6 is 22.6 Å². The molecule has 0 radical (unpaired) electrons. The molecule has 0 aliphatic rings. The van der Waals surface area contributed by atoms with Gasteiger partial charge in [0.25, 0.3) is 0 Å². The summed E-state index contributed by atoms with van der Waals surface area (Å²) in [5.74, 6) is 0.316. The molecule has 0 bridgehead atoms. The van der Waals surface area contributed by atoms with Crippen LogP contribution in [0.3, 0.4) is 0 Å². The highest BCUT2D eigenvalue weighted by Gasteiger charge is 2.04. The molecule has 2 aromatic rings.